The van der Waals surface area contributed by atoms with Gasteiger partial charge in [-0.3, -0.25) is 0 Å². The van der Waals surface area contributed by atoms with Gasteiger partial charge in [0, 0.05) is 45.5 Å². The molecular formula is C19H23ClN4O5S2. The molecule has 0 aliphatic carbocycles. The van der Waals surface area contributed by atoms with Crippen LogP contribution >= 0.6 is 11.6 Å². The summed E-state index contributed by atoms with van der Waals surface area (Å²) in [6.07, 6.45) is 1.65. The molecule has 1 aromatic carbocycles. The number of sulfonamides is 2. The number of ether oxygens (including phenoxy) is 1. The van der Waals surface area contributed by atoms with Crippen molar-refractivity contribution < 1.29 is 21.6 Å². The van der Waals surface area contributed by atoms with Crippen LogP contribution in [-0.2, 0) is 24.8 Å². The predicted octanol–water partition coefficient (Wildman–Crippen LogP) is 1.27. The van der Waals surface area contributed by atoms with Crippen LogP contribution in [0.25, 0.3) is 0 Å². The minimum absolute atomic E-state index is 0.0674. The minimum Gasteiger partial charge on any atom is -0.379 e. The van der Waals surface area contributed by atoms with Crippen molar-refractivity contribution in [2.24, 2.45) is 0 Å². The standard InChI is InChI=1S/C19H23ClN4O5S2/c20-18-2-1-7-21-19(18)22-8-10-23(11-9-22)30(25,26)16-3-5-17(6-4-16)31(27,28)24-12-14-29-15-13-24/h1-7H,8-15H2. The van der Waals surface area contributed by atoms with E-state index in [1.54, 1.807) is 18.3 Å². The number of halogens is 1. The summed E-state index contributed by atoms with van der Waals surface area (Å²) >= 11 is 6.19. The Bertz CT molecular complexity index is 1130. The second-order valence-corrected chi connectivity index (χ2v) is 11.5. The van der Waals surface area contributed by atoms with Gasteiger partial charge in [-0.2, -0.15) is 8.61 Å². The van der Waals surface area contributed by atoms with Crippen LogP contribution < -0.4 is 4.90 Å². The Kier molecular flexibility index (Phi) is 6.52. The molecule has 2 saturated heterocycles. The van der Waals surface area contributed by atoms with Crippen molar-refractivity contribution in [1.82, 2.24) is 13.6 Å². The molecule has 168 valence electrons. The molecular weight excluding hydrogens is 464 g/mol. The average molecular weight is 487 g/mol. The van der Waals surface area contributed by atoms with Gasteiger partial charge in [-0.1, -0.05) is 11.6 Å². The van der Waals surface area contributed by atoms with Crippen molar-refractivity contribution in [3.63, 3.8) is 0 Å². The number of morpholine rings is 1. The second-order valence-electron chi connectivity index (χ2n) is 7.19. The maximum absolute atomic E-state index is 13.0. The van der Waals surface area contributed by atoms with Gasteiger partial charge < -0.3 is 9.64 Å². The Morgan fingerprint density at radius 2 is 1.29 bits per heavy atom. The first kappa shape index (κ1) is 22.4. The Labute approximate surface area is 187 Å². The molecule has 4 rings (SSSR count). The largest absolute Gasteiger partial charge is 0.379 e. The summed E-state index contributed by atoms with van der Waals surface area (Å²) in [5.41, 5.74) is 0. The maximum Gasteiger partial charge on any atom is 0.243 e. The van der Waals surface area contributed by atoms with Crippen molar-refractivity contribution in [3.05, 3.63) is 47.6 Å². The normalized spacial score (nSPS) is 19.5. The summed E-state index contributed by atoms with van der Waals surface area (Å²) in [6.45, 7) is 2.74. The quantitative estimate of drug-likeness (QED) is 0.627. The van der Waals surface area contributed by atoms with Gasteiger partial charge >= 0.3 is 0 Å². The molecule has 1 aromatic heterocycles. The number of piperazine rings is 1. The van der Waals surface area contributed by atoms with E-state index in [1.807, 2.05) is 4.90 Å². The van der Waals surface area contributed by atoms with E-state index in [4.69, 9.17) is 16.3 Å². The molecule has 0 spiro atoms. The molecule has 0 radical (unpaired) electrons. The lowest BCUT2D eigenvalue weighted by atomic mass is 10.3. The fraction of sp³-hybridized carbons (Fsp3) is 0.421. The summed E-state index contributed by atoms with van der Waals surface area (Å²) in [5.74, 6) is 0.638. The number of hydrogen-bond acceptors (Lipinski definition) is 7. The number of anilines is 1. The van der Waals surface area contributed by atoms with E-state index in [0.717, 1.165) is 0 Å². The molecule has 31 heavy (non-hydrogen) atoms. The number of aromatic nitrogens is 1. The van der Waals surface area contributed by atoms with E-state index >= 15 is 0 Å². The SMILES string of the molecule is O=S(=O)(c1ccc(S(=O)(=O)N2CCN(c3ncccc3Cl)CC2)cc1)N1CCOCC1. The zero-order valence-corrected chi connectivity index (χ0v) is 19.1. The van der Waals surface area contributed by atoms with Crippen LogP contribution in [0, 0.1) is 0 Å². The van der Waals surface area contributed by atoms with Crippen LogP contribution in [0.5, 0.6) is 0 Å². The molecule has 0 unspecified atom stereocenters. The summed E-state index contributed by atoms with van der Waals surface area (Å²) in [6, 6.07) is 8.90. The van der Waals surface area contributed by atoms with Gasteiger partial charge in [-0.15, -0.1) is 0 Å². The van der Waals surface area contributed by atoms with Gasteiger partial charge in [0.1, 0.15) is 5.82 Å². The van der Waals surface area contributed by atoms with E-state index in [2.05, 4.69) is 4.98 Å². The number of nitrogens with zero attached hydrogens (tertiary/aromatic N) is 4. The topological polar surface area (TPSA) is 100 Å². The molecule has 0 saturated carbocycles. The summed E-state index contributed by atoms with van der Waals surface area (Å²) in [5, 5.41) is 0.524. The lowest BCUT2D eigenvalue weighted by molar-refractivity contribution is 0.0730. The minimum atomic E-state index is -3.74. The summed E-state index contributed by atoms with van der Waals surface area (Å²) < 4.78 is 59.5. The Balaban J connectivity index is 1.46. The highest BCUT2D eigenvalue weighted by Gasteiger charge is 2.31. The maximum atomic E-state index is 13.0. The Hall–Kier alpha value is -1.76. The third-order valence-electron chi connectivity index (χ3n) is 5.35. The second kappa shape index (κ2) is 9.00. The number of hydrogen-bond donors (Lipinski definition) is 0. The van der Waals surface area contributed by atoms with Crippen molar-refractivity contribution >= 4 is 37.5 Å². The monoisotopic (exact) mass is 486 g/mol. The Morgan fingerprint density at radius 3 is 1.81 bits per heavy atom. The Morgan fingerprint density at radius 1 is 0.774 bits per heavy atom. The number of pyridine rings is 1. The molecule has 12 heteroatoms. The van der Waals surface area contributed by atoms with E-state index < -0.39 is 20.0 Å². The molecule has 9 nitrogen and oxygen atoms in total. The highest BCUT2D eigenvalue weighted by molar-refractivity contribution is 7.89. The van der Waals surface area contributed by atoms with Crippen molar-refractivity contribution in [3.8, 4) is 0 Å². The van der Waals surface area contributed by atoms with Gasteiger partial charge in [0.25, 0.3) is 0 Å². The average Bonchev–Trinajstić information content (AvgIpc) is 2.80. The molecule has 2 aliphatic rings. The molecule has 0 bridgehead atoms. The molecule has 2 aliphatic heterocycles. The first-order valence-corrected chi connectivity index (χ1v) is 13.1. The lowest BCUT2D eigenvalue weighted by Gasteiger charge is -2.35. The third-order valence-corrected chi connectivity index (χ3v) is 9.47. The molecule has 0 amide bonds. The number of benzene rings is 1. The third kappa shape index (κ3) is 4.57. The number of rotatable bonds is 5. The van der Waals surface area contributed by atoms with E-state index in [0.29, 0.717) is 37.1 Å². The van der Waals surface area contributed by atoms with E-state index in [-0.39, 0.29) is 36.0 Å². The van der Waals surface area contributed by atoms with Gasteiger partial charge in [0.2, 0.25) is 20.0 Å². The zero-order chi connectivity index (χ0) is 22.1. The van der Waals surface area contributed by atoms with Crippen LogP contribution in [0.3, 0.4) is 0 Å². The molecule has 0 N–H and O–H groups in total. The smallest absolute Gasteiger partial charge is 0.243 e. The predicted molar refractivity (Wildman–Crippen MR) is 116 cm³/mol. The van der Waals surface area contributed by atoms with Crippen LogP contribution in [0.1, 0.15) is 0 Å². The fourth-order valence-corrected chi connectivity index (χ4v) is 6.69. The highest BCUT2D eigenvalue weighted by atomic mass is 35.5. The molecule has 3 heterocycles. The lowest BCUT2D eigenvalue weighted by Crippen LogP contribution is -2.49. The highest BCUT2D eigenvalue weighted by Crippen LogP contribution is 2.26. The summed E-state index contributed by atoms with van der Waals surface area (Å²) in [4.78, 5) is 6.37. The molecule has 0 atom stereocenters. The first-order valence-electron chi connectivity index (χ1n) is 9.84. The zero-order valence-electron chi connectivity index (χ0n) is 16.7. The van der Waals surface area contributed by atoms with Crippen LogP contribution in [0.4, 0.5) is 5.82 Å². The first-order chi connectivity index (χ1) is 14.8. The van der Waals surface area contributed by atoms with Crippen molar-refractivity contribution in [2.45, 2.75) is 9.79 Å². The molecule has 2 aromatic rings. The van der Waals surface area contributed by atoms with E-state index in [1.165, 1.54) is 32.9 Å². The van der Waals surface area contributed by atoms with Gasteiger partial charge in [0.15, 0.2) is 0 Å². The summed E-state index contributed by atoms with van der Waals surface area (Å²) in [7, 11) is -7.41. The molecule has 2 fully saturated rings. The van der Waals surface area contributed by atoms with Crippen LogP contribution in [0.15, 0.2) is 52.4 Å². The van der Waals surface area contributed by atoms with Crippen LogP contribution in [0.2, 0.25) is 5.02 Å². The van der Waals surface area contributed by atoms with Crippen molar-refractivity contribution in [1.29, 1.82) is 0 Å². The van der Waals surface area contributed by atoms with Gasteiger partial charge in [-0.25, -0.2) is 21.8 Å². The van der Waals surface area contributed by atoms with Gasteiger partial charge in [-0.05, 0) is 36.4 Å². The van der Waals surface area contributed by atoms with Gasteiger partial charge in [0.05, 0.1) is 28.0 Å². The fourth-order valence-electron chi connectivity index (χ4n) is 3.62. The van der Waals surface area contributed by atoms with Crippen LogP contribution in [-0.4, -0.2) is 82.9 Å². The van der Waals surface area contributed by atoms with Crippen molar-refractivity contribution in [2.75, 3.05) is 57.4 Å². The van der Waals surface area contributed by atoms with E-state index in [9.17, 15) is 16.8 Å².